The van der Waals surface area contributed by atoms with Crippen molar-refractivity contribution in [1.82, 2.24) is 10.6 Å². The number of hydrogen-bond acceptors (Lipinski definition) is 3. The number of aliphatic carboxylic acids is 1. The molecule has 0 aromatic heterocycles. The Hall–Kier alpha value is -1.45. The highest BCUT2D eigenvalue weighted by atomic mass is 16.4. The second-order valence-corrected chi connectivity index (χ2v) is 1.51. The highest BCUT2D eigenvalue weighted by Crippen LogP contribution is 1.89. The molecule has 0 amide bonds. The molecule has 0 saturated heterocycles. The van der Waals surface area contributed by atoms with Gasteiger partial charge in [-0.05, 0) is 0 Å². The van der Waals surface area contributed by atoms with Gasteiger partial charge in [0.25, 0.3) is 0 Å². The fourth-order valence-electron chi connectivity index (χ4n) is 0.476. The summed E-state index contributed by atoms with van der Waals surface area (Å²) in [5.41, 5.74) is 0.150. The number of carbonyl (C=O) groups is 1. The van der Waals surface area contributed by atoms with E-state index in [0.29, 0.717) is 0 Å². The highest BCUT2D eigenvalue weighted by molar-refractivity contribution is 5.86. The van der Waals surface area contributed by atoms with Gasteiger partial charge in [-0.15, -0.1) is 0 Å². The zero-order chi connectivity index (χ0) is 6.69. The second-order valence-electron chi connectivity index (χ2n) is 1.51. The summed E-state index contributed by atoms with van der Waals surface area (Å²) < 4.78 is 0. The van der Waals surface area contributed by atoms with Crippen LogP contribution in [0.4, 0.5) is 0 Å². The van der Waals surface area contributed by atoms with Crippen LogP contribution in [0.2, 0.25) is 0 Å². The molecule has 0 unspecified atom stereocenters. The Balaban J connectivity index is 2.61. The van der Waals surface area contributed by atoms with Crippen molar-refractivity contribution >= 4 is 5.97 Å². The average molecular weight is 126 g/mol. The van der Waals surface area contributed by atoms with Crippen LogP contribution < -0.4 is 10.6 Å². The lowest BCUT2D eigenvalue weighted by molar-refractivity contribution is -0.133. The molecule has 48 valence electrons. The van der Waals surface area contributed by atoms with Gasteiger partial charge < -0.3 is 15.7 Å². The third-order valence-electron chi connectivity index (χ3n) is 0.876. The van der Waals surface area contributed by atoms with Crippen LogP contribution in [0.1, 0.15) is 0 Å². The van der Waals surface area contributed by atoms with E-state index in [0.717, 1.165) is 0 Å². The summed E-state index contributed by atoms with van der Waals surface area (Å²) in [7, 11) is 0. The molecular weight excluding hydrogens is 120 g/mol. The van der Waals surface area contributed by atoms with Crippen LogP contribution in [-0.2, 0) is 4.79 Å². The SMILES string of the molecule is O=C(O)C1=CNC=CN1. The zero-order valence-corrected chi connectivity index (χ0v) is 4.59. The standard InChI is InChI=1S/C5H6N2O2/c8-5(9)4-3-6-1-2-7-4/h1-3,6-7H,(H,8,9). The van der Waals surface area contributed by atoms with Gasteiger partial charge in [0.2, 0.25) is 0 Å². The minimum Gasteiger partial charge on any atom is -0.477 e. The van der Waals surface area contributed by atoms with Crippen LogP contribution in [0.25, 0.3) is 0 Å². The Morgan fingerprint density at radius 2 is 2.33 bits per heavy atom. The van der Waals surface area contributed by atoms with E-state index >= 15 is 0 Å². The molecule has 9 heavy (non-hydrogen) atoms. The molecule has 0 aromatic rings. The van der Waals surface area contributed by atoms with Gasteiger partial charge in [0.1, 0.15) is 5.70 Å². The van der Waals surface area contributed by atoms with Crippen molar-refractivity contribution in [1.29, 1.82) is 0 Å². The number of hydrogen-bond donors (Lipinski definition) is 3. The summed E-state index contributed by atoms with van der Waals surface area (Å²) in [6, 6.07) is 0. The fraction of sp³-hybridized carbons (Fsp3) is 0. The molecule has 0 aromatic carbocycles. The van der Waals surface area contributed by atoms with Crippen LogP contribution in [0.3, 0.4) is 0 Å². The van der Waals surface area contributed by atoms with Gasteiger partial charge in [-0.25, -0.2) is 4.79 Å². The first-order valence-corrected chi connectivity index (χ1v) is 2.42. The van der Waals surface area contributed by atoms with Crippen LogP contribution in [0, 0.1) is 0 Å². The summed E-state index contributed by atoms with van der Waals surface area (Å²) in [5.74, 6) is -0.966. The van der Waals surface area contributed by atoms with Crippen LogP contribution in [0.15, 0.2) is 24.3 Å². The molecule has 1 heterocycles. The van der Waals surface area contributed by atoms with E-state index in [4.69, 9.17) is 5.11 Å². The molecule has 0 atom stereocenters. The van der Waals surface area contributed by atoms with Gasteiger partial charge in [-0.1, -0.05) is 0 Å². The molecule has 1 aliphatic heterocycles. The van der Waals surface area contributed by atoms with E-state index < -0.39 is 5.97 Å². The molecule has 1 aliphatic rings. The van der Waals surface area contributed by atoms with Gasteiger partial charge in [-0.2, -0.15) is 0 Å². The van der Waals surface area contributed by atoms with Gasteiger partial charge >= 0.3 is 5.97 Å². The zero-order valence-electron chi connectivity index (χ0n) is 4.59. The van der Waals surface area contributed by atoms with E-state index in [-0.39, 0.29) is 5.70 Å². The predicted molar refractivity (Wildman–Crippen MR) is 31.1 cm³/mol. The van der Waals surface area contributed by atoms with Crippen LogP contribution in [-0.4, -0.2) is 11.1 Å². The molecule has 0 bridgehead atoms. The fourth-order valence-corrected chi connectivity index (χ4v) is 0.476. The number of nitrogens with one attached hydrogen (secondary N) is 2. The van der Waals surface area contributed by atoms with E-state index in [1.807, 2.05) is 0 Å². The van der Waals surface area contributed by atoms with Crippen molar-refractivity contribution in [3.8, 4) is 0 Å². The van der Waals surface area contributed by atoms with Crippen molar-refractivity contribution in [2.45, 2.75) is 0 Å². The summed E-state index contributed by atoms with van der Waals surface area (Å²) in [6.45, 7) is 0. The minimum absolute atomic E-state index is 0.150. The van der Waals surface area contributed by atoms with E-state index in [1.54, 1.807) is 6.20 Å². The Morgan fingerprint density at radius 1 is 1.56 bits per heavy atom. The van der Waals surface area contributed by atoms with Crippen molar-refractivity contribution in [3.05, 3.63) is 24.3 Å². The lowest BCUT2D eigenvalue weighted by Crippen LogP contribution is -2.21. The summed E-state index contributed by atoms with van der Waals surface area (Å²) in [4.78, 5) is 10.1. The third kappa shape index (κ3) is 1.22. The molecule has 0 saturated carbocycles. The van der Waals surface area contributed by atoms with Crippen LogP contribution >= 0.6 is 0 Å². The minimum atomic E-state index is -0.966. The molecule has 3 N–H and O–H groups in total. The summed E-state index contributed by atoms with van der Waals surface area (Å²) in [6.07, 6.45) is 4.50. The maximum Gasteiger partial charge on any atom is 0.353 e. The van der Waals surface area contributed by atoms with Gasteiger partial charge in [0.15, 0.2) is 0 Å². The molecule has 4 heteroatoms. The first-order valence-electron chi connectivity index (χ1n) is 2.42. The smallest absolute Gasteiger partial charge is 0.353 e. The normalized spacial score (nSPS) is 15.3. The maximum atomic E-state index is 10.1. The van der Waals surface area contributed by atoms with Gasteiger partial charge in [0.05, 0.1) is 0 Å². The molecule has 0 fully saturated rings. The molecule has 1 rings (SSSR count). The first-order chi connectivity index (χ1) is 4.30. The van der Waals surface area contributed by atoms with Crippen LogP contribution in [0.5, 0.6) is 0 Å². The third-order valence-corrected chi connectivity index (χ3v) is 0.876. The van der Waals surface area contributed by atoms with Crippen molar-refractivity contribution in [3.63, 3.8) is 0 Å². The lowest BCUT2D eigenvalue weighted by atomic mass is 10.4. The van der Waals surface area contributed by atoms with Crippen molar-refractivity contribution in [2.24, 2.45) is 0 Å². The van der Waals surface area contributed by atoms with E-state index in [9.17, 15) is 4.79 Å². The molecule has 0 radical (unpaired) electrons. The Morgan fingerprint density at radius 3 is 2.67 bits per heavy atom. The van der Waals surface area contributed by atoms with E-state index in [2.05, 4.69) is 10.6 Å². The number of rotatable bonds is 1. The monoisotopic (exact) mass is 126 g/mol. The topological polar surface area (TPSA) is 61.4 Å². The molecule has 0 spiro atoms. The quantitative estimate of drug-likeness (QED) is 0.446. The largest absolute Gasteiger partial charge is 0.477 e. The lowest BCUT2D eigenvalue weighted by Gasteiger charge is -2.05. The van der Waals surface area contributed by atoms with Gasteiger partial charge in [-0.3, -0.25) is 0 Å². The first kappa shape index (κ1) is 5.68. The maximum absolute atomic E-state index is 10.1. The predicted octanol–water partition coefficient (Wildman–Crippen LogP) is -0.424. The van der Waals surface area contributed by atoms with Crippen molar-refractivity contribution in [2.75, 3.05) is 0 Å². The van der Waals surface area contributed by atoms with E-state index in [1.165, 1.54) is 12.4 Å². The highest BCUT2D eigenvalue weighted by Gasteiger charge is 2.04. The van der Waals surface area contributed by atoms with Gasteiger partial charge in [0, 0.05) is 18.6 Å². The summed E-state index contributed by atoms with van der Waals surface area (Å²) in [5, 5.41) is 13.5. The molecular formula is C5H6N2O2. The number of carboxylic acid groups (broad SMARTS) is 1. The number of carboxylic acids is 1. The Kier molecular flexibility index (Phi) is 1.40. The molecule has 4 nitrogen and oxygen atoms in total. The molecule has 0 aliphatic carbocycles. The Labute approximate surface area is 51.9 Å². The Bertz CT molecular complexity index is 183. The second kappa shape index (κ2) is 2.21. The van der Waals surface area contributed by atoms with Crippen molar-refractivity contribution < 1.29 is 9.90 Å². The average Bonchev–Trinajstić information content (AvgIpc) is 1.90. The summed E-state index contributed by atoms with van der Waals surface area (Å²) >= 11 is 0.